The van der Waals surface area contributed by atoms with Gasteiger partial charge in [-0.25, -0.2) is 4.79 Å². The first-order valence-corrected chi connectivity index (χ1v) is 10.4. The quantitative estimate of drug-likeness (QED) is 0.441. The summed E-state index contributed by atoms with van der Waals surface area (Å²) in [7, 11) is 0. The maximum atomic E-state index is 12.4. The molecule has 0 bridgehead atoms. The Bertz CT molecular complexity index is 1260. The summed E-state index contributed by atoms with van der Waals surface area (Å²) in [5.41, 5.74) is 1.80. The van der Waals surface area contributed by atoms with E-state index in [1.807, 2.05) is 35.9 Å². The van der Waals surface area contributed by atoms with Crippen LogP contribution in [0.5, 0.6) is 0 Å². The van der Waals surface area contributed by atoms with Crippen LogP contribution in [0, 0.1) is 6.92 Å². The molecular weight excluding hydrogens is 442 g/mol. The van der Waals surface area contributed by atoms with Crippen LogP contribution in [-0.2, 0) is 16.1 Å². The van der Waals surface area contributed by atoms with Crippen molar-refractivity contribution in [1.29, 1.82) is 0 Å². The van der Waals surface area contributed by atoms with Crippen molar-refractivity contribution in [2.45, 2.75) is 13.5 Å². The Morgan fingerprint density at radius 2 is 2.00 bits per heavy atom. The van der Waals surface area contributed by atoms with Crippen LogP contribution in [0.4, 0.5) is 0 Å². The molecule has 158 valence electrons. The molecule has 4 rings (SSSR count). The molecule has 0 aliphatic heterocycles. The zero-order valence-corrected chi connectivity index (χ0v) is 17.8. The summed E-state index contributed by atoms with van der Waals surface area (Å²) < 4.78 is 11.8. The Morgan fingerprint density at radius 3 is 2.71 bits per heavy atom. The first kappa shape index (κ1) is 20.8. The van der Waals surface area contributed by atoms with Crippen LogP contribution < -0.4 is 5.32 Å². The number of carbonyl (C=O) groups excluding carboxylic acids is 3. The van der Waals surface area contributed by atoms with Crippen molar-refractivity contribution in [2.24, 2.45) is 0 Å². The lowest BCUT2D eigenvalue weighted by Gasteiger charge is -2.04. The SMILES string of the molecule is Cc1nn(Cc2ccc(Cl)cc2)c2sc(C(=O)OCC(=O)NC(=O)c3ccco3)cc12. The standard InChI is InChI=1S/C21H16ClN3O5S/c1-12-15-9-17(21(28)30-11-18(26)23-19(27)16-3-2-8-29-16)31-20(15)25(24-12)10-13-4-6-14(22)7-5-13/h2-9H,10-11H2,1H3,(H,23,26,27). The highest BCUT2D eigenvalue weighted by atomic mass is 35.5. The lowest BCUT2D eigenvalue weighted by atomic mass is 10.2. The summed E-state index contributed by atoms with van der Waals surface area (Å²) in [6.07, 6.45) is 1.32. The third-order valence-corrected chi connectivity index (χ3v) is 5.77. The maximum Gasteiger partial charge on any atom is 0.348 e. The predicted octanol–water partition coefficient (Wildman–Crippen LogP) is 3.81. The van der Waals surface area contributed by atoms with Gasteiger partial charge in [-0.1, -0.05) is 23.7 Å². The fraction of sp³-hybridized carbons (Fsp3) is 0.143. The van der Waals surface area contributed by atoms with E-state index < -0.39 is 24.4 Å². The number of hydrogen-bond acceptors (Lipinski definition) is 7. The van der Waals surface area contributed by atoms with E-state index in [9.17, 15) is 14.4 Å². The molecule has 31 heavy (non-hydrogen) atoms. The molecule has 8 nitrogen and oxygen atoms in total. The van der Waals surface area contributed by atoms with Crippen LogP contribution in [0.15, 0.2) is 53.1 Å². The van der Waals surface area contributed by atoms with Gasteiger partial charge in [0.05, 0.1) is 18.5 Å². The summed E-state index contributed by atoms with van der Waals surface area (Å²) in [5.74, 6) is -2.11. The highest BCUT2D eigenvalue weighted by Gasteiger charge is 2.19. The van der Waals surface area contributed by atoms with E-state index in [1.54, 1.807) is 6.07 Å². The van der Waals surface area contributed by atoms with Gasteiger partial charge >= 0.3 is 5.97 Å². The number of imide groups is 1. The Kier molecular flexibility index (Phi) is 5.88. The van der Waals surface area contributed by atoms with E-state index in [-0.39, 0.29) is 5.76 Å². The average molecular weight is 458 g/mol. The van der Waals surface area contributed by atoms with Crippen molar-refractivity contribution in [3.8, 4) is 0 Å². The monoisotopic (exact) mass is 457 g/mol. The molecule has 0 aliphatic rings. The van der Waals surface area contributed by atoms with Gasteiger partial charge in [-0.15, -0.1) is 11.3 Å². The minimum absolute atomic E-state index is 0.00935. The van der Waals surface area contributed by atoms with Crippen molar-refractivity contribution in [3.63, 3.8) is 0 Å². The number of rotatable bonds is 6. The highest BCUT2D eigenvalue weighted by molar-refractivity contribution is 7.20. The summed E-state index contributed by atoms with van der Waals surface area (Å²) in [6.45, 7) is 1.79. The van der Waals surface area contributed by atoms with E-state index in [4.69, 9.17) is 20.8 Å². The summed E-state index contributed by atoms with van der Waals surface area (Å²) >= 11 is 7.16. The number of aromatic nitrogens is 2. The number of amides is 2. The molecule has 0 saturated carbocycles. The third-order valence-electron chi connectivity index (χ3n) is 4.39. The zero-order valence-electron chi connectivity index (χ0n) is 16.3. The van der Waals surface area contributed by atoms with E-state index in [0.717, 1.165) is 21.5 Å². The molecule has 3 heterocycles. The van der Waals surface area contributed by atoms with Crippen molar-refractivity contribution < 1.29 is 23.5 Å². The van der Waals surface area contributed by atoms with E-state index in [1.165, 1.54) is 29.7 Å². The fourth-order valence-corrected chi connectivity index (χ4v) is 4.10. The molecule has 3 aromatic heterocycles. The van der Waals surface area contributed by atoms with Crippen molar-refractivity contribution in [2.75, 3.05) is 6.61 Å². The number of nitrogens with one attached hydrogen (secondary N) is 1. The Labute approximate surface area is 185 Å². The van der Waals surface area contributed by atoms with Crippen molar-refractivity contribution in [3.05, 3.63) is 75.6 Å². The lowest BCUT2D eigenvalue weighted by Crippen LogP contribution is -2.33. The van der Waals surface area contributed by atoms with Gasteiger partial charge in [0.2, 0.25) is 0 Å². The largest absolute Gasteiger partial charge is 0.459 e. The number of ether oxygens (including phenoxy) is 1. The molecule has 0 aliphatic carbocycles. The summed E-state index contributed by atoms with van der Waals surface area (Å²) in [5, 5.41) is 8.11. The lowest BCUT2D eigenvalue weighted by molar-refractivity contribution is -0.123. The van der Waals surface area contributed by atoms with Gasteiger partial charge in [-0.05, 0) is 42.8 Å². The van der Waals surface area contributed by atoms with Gasteiger partial charge < -0.3 is 9.15 Å². The average Bonchev–Trinajstić information content (AvgIpc) is 3.47. The van der Waals surface area contributed by atoms with Gasteiger partial charge in [-0.3, -0.25) is 19.6 Å². The first-order valence-electron chi connectivity index (χ1n) is 9.17. The van der Waals surface area contributed by atoms with Gasteiger partial charge in [0.25, 0.3) is 11.8 Å². The highest BCUT2D eigenvalue weighted by Crippen LogP contribution is 2.29. The molecule has 2 amide bonds. The van der Waals surface area contributed by atoms with Crippen LogP contribution in [-0.4, -0.2) is 34.2 Å². The number of thiophene rings is 1. The fourth-order valence-electron chi connectivity index (χ4n) is 2.92. The molecule has 0 unspecified atom stereocenters. The molecule has 10 heteroatoms. The van der Waals surface area contributed by atoms with Gasteiger partial charge in [0, 0.05) is 10.4 Å². The molecule has 1 N–H and O–H groups in total. The summed E-state index contributed by atoms with van der Waals surface area (Å²) in [4.78, 5) is 37.2. The molecule has 0 spiro atoms. The second-order valence-corrected chi connectivity index (χ2v) is 8.10. The van der Waals surface area contributed by atoms with Crippen molar-refractivity contribution >= 4 is 50.9 Å². The normalized spacial score (nSPS) is 10.9. The number of hydrogen-bond donors (Lipinski definition) is 1. The number of fused-ring (bicyclic) bond motifs is 1. The second kappa shape index (κ2) is 8.75. The predicted molar refractivity (Wildman–Crippen MR) is 114 cm³/mol. The Morgan fingerprint density at radius 1 is 1.23 bits per heavy atom. The Hall–Kier alpha value is -3.43. The number of furan rings is 1. The first-order chi connectivity index (χ1) is 14.9. The van der Waals surface area contributed by atoms with Crippen LogP contribution in [0.1, 0.15) is 31.5 Å². The summed E-state index contributed by atoms with van der Waals surface area (Å²) in [6, 6.07) is 12.1. The third kappa shape index (κ3) is 4.68. The minimum Gasteiger partial charge on any atom is -0.459 e. The number of benzene rings is 1. The molecule has 0 radical (unpaired) electrons. The molecule has 4 aromatic rings. The van der Waals surface area contributed by atoms with Gasteiger partial charge in [0.1, 0.15) is 9.71 Å². The maximum absolute atomic E-state index is 12.4. The van der Waals surface area contributed by atoms with Gasteiger partial charge in [-0.2, -0.15) is 5.10 Å². The zero-order chi connectivity index (χ0) is 22.0. The molecule has 1 aromatic carbocycles. The van der Waals surface area contributed by atoms with Crippen LogP contribution in [0.25, 0.3) is 10.2 Å². The van der Waals surface area contributed by atoms with Gasteiger partial charge in [0.15, 0.2) is 12.4 Å². The second-order valence-electron chi connectivity index (χ2n) is 6.63. The minimum atomic E-state index is -0.749. The Balaban J connectivity index is 1.42. The van der Waals surface area contributed by atoms with E-state index in [2.05, 4.69) is 10.4 Å². The molecule has 0 fully saturated rings. The number of aryl methyl sites for hydroxylation is 1. The van der Waals surface area contributed by atoms with Crippen LogP contribution in [0.3, 0.4) is 0 Å². The van der Waals surface area contributed by atoms with E-state index in [0.29, 0.717) is 16.4 Å². The van der Waals surface area contributed by atoms with Crippen LogP contribution >= 0.6 is 22.9 Å². The number of halogens is 1. The number of carbonyl (C=O) groups is 3. The van der Waals surface area contributed by atoms with Crippen molar-refractivity contribution in [1.82, 2.24) is 15.1 Å². The van der Waals surface area contributed by atoms with Crippen LogP contribution in [0.2, 0.25) is 5.02 Å². The smallest absolute Gasteiger partial charge is 0.348 e. The number of nitrogens with zero attached hydrogens (tertiary/aromatic N) is 2. The molecule has 0 atom stereocenters. The molecule has 0 saturated heterocycles. The number of esters is 1. The topological polar surface area (TPSA) is 103 Å². The molecular formula is C21H16ClN3O5S. The van der Waals surface area contributed by atoms with E-state index >= 15 is 0 Å².